The van der Waals surface area contributed by atoms with Crippen LogP contribution in [0.3, 0.4) is 0 Å². The van der Waals surface area contributed by atoms with E-state index in [0.717, 1.165) is 12.2 Å². The van der Waals surface area contributed by atoms with Crippen LogP contribution in [0.2, 0.25) is 0 Å². The van der Waals surface area contributed by atoms with Crippen LogP contribution in [0.15, 0.2) is 18.6 Å². The molecular formula is C10H17N3OS. The van der Waals surface area contributed by atoms with Crippen molar-refractivity contribution in [2.45, 2.75) is 25.1 Å². The third-order valence-corrected chi connectivity index (χ3v) is 3.60. The Morgan fingerprint density at radius 3 is 2.73 bits per heavy atom. The van der Waals surface area contributed by atoms with E-state index in [4.69, 9.17) is 0 Å². The molecule has 0 saturated heterocycles. The number of nitrogens with zero attached hydrogens (tertiary/aromatic N) is 2. The van der Waals surface area contributed by atoms with E-state index < -0.39 is 10.8 Å². The van der Waals surface area contributed by atoms with Crippen molar-refractivity contribution in [3.63, 3.8) is 0 Å². The van der Waals surface area contributed by atoms with Gasteiger partial charge < -0.3 is 5.32 Å². The second kappa shape index (κ2) is 5.92. The van der Waals surface area contributed by atoms with Gasteiger partial charge in [0.25, 0.3) is 0 Å². The van der Waals surface area contributed by atoms with Gasteiger partial charge in [-0.2, -0.15) is 0 Å². The van der Waals surface area contributed by atoms with Gasteiger partial charge in [-0.15, -0.1) is 0 Å². The van der Waals surface area contributed by atoms with Crippen molar-refractivity contribution >= 4 is 10.8 Å². The van der Waals surface area contributed by atoms with Gasteiger partial charge in [0, 0.05) is 53.5 Å². The number of hydrogen-bond donors (Lipinski definition) is 1. The lowest BCUT2D eigenvalue weighted by Gasteiger charge is -2.15. The largest absolute Gasteiger partial charge is 0.308 e. The van der Waals surface area contributed by atoms with Gasteiger partial charge in [-0.1, -0.05) is 0 Å². The Balaban J connectivity index is 2.43. The average Bonchev–Trinajstić information content (AvgIpc) is 2.26. The molecular weight excluding hydrogens is 210 g/mol. The standard InChI is InChI=1S/C10H17N3OS/c1-8(15(3)14)6-13-9(2)10-7-11-4-5-12-10/h4-5,7-9,13H,6H2,1-3H3. The Hall–Kier alpha value is -0.810. The molecule has 1 rings (SSSR count). The Morgan fingerprint density at radius 1 is 1.47 bits per heavy atom. The van der Waals surface area contributed by atoms with Crippen LogP contribution in [0.4, 0.5) is 0 Å². The van der Waals surface area contributed by atoms with Gasteiger partial charge in [-0.25, -0.2) is 0 Å². The van der Waals surface area contributed by atoms with Gasteiger partial charge in [-0.05, 0) is 13.8 Å². The predicted molar refractivity (Wildman–Crippen MR) is 62.0 cm³/mol. The van der Waals surface area contributed by atoms with E-state index >= 15 is 0 Å². The molecule has 1 aromatic rings. The van der Waals surface area contributed by atoms with Crippen LogP contribution in [0.5, 0.6) is 0 Å². The highest BCUT2D eigenvalue weighted by atomic mass is 32.2. The maximum Gasteiger partial charge on any atom is 0.0753 e. The minimum atomic E-state index is -0.782. The summed E-state index contributed by atoms with van der Waals surface area (Å²) in [5.41, 5.74) is 0.909. The molecule has 1 aromatic heterocycles. The van der Waals surface area contributed by atoms with Crippen LogP contribution >= 0.6 is 0 Å². The van der Waals surface area contributed by atoms with Crippen molar-refractivity contribution in [2.24, 2.45) is 0 Å². The highest BCUT2D eigenvalue weighted by molar-refractivity contribution is 7.84. The first-order valence-electron chi connectivity index (χ1n) is 4.92. The molecule has 0 radical (unpaired) electrons. The van der Waals surface area contributed by atoms with Crippen molar-refractivity contribution < 1.29 is 4.21 Å². The summed E-state index contributed by atoms with van der Waals surface area (Å²) in [4.78, 5) is 8.21. The molecule has 0 aliphatic carbocycles. The third kappa shape index (κ3) is 4.05. The maximum absolute atomic E-state index is 11.1. The SMILES string of the molecule is CC(NCC(C)S(C)=O)c1cnccn1. The lowest BCUT2D eigenvalue weighted by Crippen LogP contribution is -2.30. The van der Waals surface area contributed by atoms with E-state index in [2.05, 4.69) is 15.3 Å². The first-order valence-corrected chi connectivity index (χ1v) is 6.55. The van der Waals surface area contributed by atoms with Crippen LogP contribution in [0, 0.1) is 0 Å². The Labute approximate surface area is 93.0 Å². The molecule has 0 fully saturated rings. The zero-order valence-electron chi connectivity index (χ0n) is 9.30. The van der Waals surface area contributed by atoms with Gasteiger partial charge in [-0.3, -0.25) is 14.2 Å². The quantitative estimate of drug-likeness (QED) is 0.812. The molecule has 0 saturated carbocycles. The van der Waals surface area contributed by atoms with Crippen LogP contribution in [0.1, 0.15) is 25.6 Å². The van der Waals surface area contributed by atoms with Gasteiger partial charge in [0.2, 0.25) is 0 Å². The topological polar surface area (TPSA) is 54.9 Å². The smallest absolute Gasteiger partial charge is 0.0753 e. The van der Waals surface area contributed by atoms with Crippen molar-refractivity contribution in [1.29, 1.82) is 0 Å². The molecule has 1 heterocycles. The first kappa shape index (κ1) is 12.3. The maximum atomic E-state index is 11.1. The fraction of sp³-hybridized carbons (Fsp3) is 0.600. The summed E-state index contributed by atoms with van der Waals surface area (Å²) >= 11 is 0. The molecule has 1 N–H and O–H groups in total. The monoisotopic (exact) mass is 227 g/mol. The number of nitrogens with one attached hydrogen (secondary N) is 1. The van der Waals surface area contributed by atoms with Gasteiger partial charge in [0.15, 0.2) is 0 Å². The molecule has 0 aromatic carbocycles. The van der Waals surface area contributed by atoms with Gasteiger partial charge >= 0.3 is 0 Å². The van der Waals surface area contributed by atoms with E-state index in [9.17, 15) is 4.21 Å². The fourth-order valence-electron chi connectivity index (χ4n) is 1.10. The fourth-order valence-corrected chi connectivity index (χ4v) is 1.43. The molecule has 0 spiro atoms. The summed E-state index contributed by atoms with van der Waals surface area (Å²) in [7, 11) is -0.782. The Kier molecular flexibility index (Phi) is 4.84. The lowest BCUT2D eigenvalue weighted by molar-refractivity contribution is 0.555. The molecule has 15 heavy (non-hydrogen) atoms. The number of hydrogen-bond acceptors (Lipinski definition) is 4. The van der Waals surface area contributed by atoms with Gasteiger partial charge in [0.05, 0.1) is 5.69 Å². The second-order valence-electron chi connectivity index (χ2n) is 3.57. The summed E-state index contributed by atoms with van der Waals surface area (Å²) < 4.78 is 11.1. The summed E-state index contributed by atoms with van der Waals surface area (Å²) in [6, 6.07) is 0.143. The average molecular weight is 227 g/mol. The van der Waals surface area contributed by atoms with E-state index in [1.54, 1.807) is 24.8 Å². The number of aromatic nitrogens is 2. The summed E-state index contributed by atoms with van der Waals surface area (Å²) in [5.74, 6) is 0. The van der Waals surface area contributed by atoms with Crippen molar-refractivity contribution in [3.05, 3.63) is 24.3 Å². The highest BCUT2D eigenvalue weighted by Gasteiger charge is 2.10. The second-order valence-corrected chi connectivity index (χ2v) is 5.37. The van der Waals surface area contributed by atoms with Crippen molar-refractivity contribution in [1.82, 2.24) is 15.3 Å². The van der Waals surface area contributed by atoms with E-state index in [0.29, 0.717) is 0 Å². The normalized spacial score (nSPS) is 17.0. The first-order chi connectivity index (χ1) is 7.11. The minimum absolute atomic E-state index is 0.143. The third-order valence-electron chi connectivity index (χ3n) is 2.30. The molecule has 0 amide bonds. The van der Waals surface area contributed by atoms with Crippen LogP contribution in [0.25, 0.3) is 0 Å². The highest BCUT2D eigenvalue weighted by Crippen LogP contribution is 2.06. The van der Waals surface area contributed by atoms with Crippen LogP contribution in [-0.2, 0) is 10.8 Å². The Morgan fingerprint density at radius 2 is 2.20 bits per heavy atom. The van der Waals surface area contributed by atoms with Crippen LogP contribution < -0.4 is 5.32 Å². The molecule has 4 nitrogen and oxygen atoms in total. The van der Waals surface area contributed by atoms with Gasteiger partial charge in [0.1, 0.15) is 0 Å². The molecule has 84 valence electrons. The zero-order valence-corrected chi connectivity index (χ0v) is 10.1. The van der Waals surface area contributed by atoms with E-state index in [1.165, 1.54) is 0 Å². The molecule has 0 aliphatic rings. The Bertz CT molecular complexity index is 318. The molecule has 0 bridgehead atoms. The molecule has 0 aliphatic heterocycles. The summed E-state index contributed by atoms with van der Waals surface area (Å²) in [5, 5.41) is 3.44. The molecule has 5 heteroatoms. The summed E-state index contributed by atoms with van der Waals surface area (Å²) in [6.45, 7) is 4.71. The van der Waals surface area contributed by atoms with Crippen molar-refractivity contribution in [3.8, 4) is 0 Å². The summed E-state index contributed by atoms with van der Waals surface area (Å²) in [6.07, 6.45) is 6.79. The van der Waals surface area contributed by atoms with E-state index in [-0.39, 0.29) is 11.3 Å². The molecule has 3 atom stereocenters. The van der Waals surface area contributed by atoms with Crippen LogP contribution in [-0.4, -0.2) is 32.2 Å². The van der Waals surface area contributed by atoms with Crippen molar-refractivity contribution in [2.75, 3.05) is 12.8 Å². The molecule has 3 unspecified atom stereocenters. The predicted octanol–water partition coefficient (Wildman–Crippen LogP) is 0.894. The van der Waals surface area contributed by atoms with E-state index in [1.807, 2.05) is 13.8 Å². The minimum Gasteiger partial charge on any atom is -0.308 e. The zero-order chi connectivity index (χ0) is 11.3. The number of rotatable bonds is 5. The lowest BCUT2D eigenvalue weighted by atomic mass is 10.2.